The fourth-order valence-corrected chi connectivity index (χ4v) is 2.06. The van der Waals surface area contributed by atoms with E-state index in [1.165, 1.54) is 0 Å². The average Bonchev–Trinajstić information content (AvgIpc) is 2.41. The topological polar surface area (TPSA) is 42.0 Å². The summed E-state index contributed by atoms with van der Waals surface area (Å²) >= 11 is 5.99. The molecule has 0 spiro atoms. The third kappa shape index (κ3) is 3.70. The SMILES string of the molecule is CCC(CC)(CCl)CNC(=O)c1ccccn1. The summed E-state index contributed by atoms with van der Waals surface area (Å²) in [5.74, 6) is 0.421. The first-order valence-electron chi connectivity index (χ1n) is 5.92. The standard InChI is InChI=1S/C13H19ClN2O/c1-3-13(4-2,9-14)10-16-12(17)11-7-5-6-8-15-11/h5-8H,3-4,9-10H2,1-2H3,(H,16,17). The molecule has 0 aliphatic carbocycles. The largest absolute Gasteiger partial charge is 0.350 e. The Hall–Kier alpha value is -1.09. The molecule has 0 bridgehead atoms. The molecule has 0 aliphatic rings. The van der Waals surface area contributed by atoms with Crippen LogP contribution in [0.5, 0.6) is 0 Å². The van der Waals surface area contributed by atoms with Crippen molar-refractivity contribution in [1.29, 1.82) is 0 Å². The van der Waals surface area contributed by atoms with Crippen LogP contribution < -0.4 is 5.32 Å². The van der Waals surface area contributed by atoms with E-state index in [1.807, 2.05) is 0 Å². The Labute approximate surface area is 108 Å². The van der Waals surface area contributed by atoms with Gasteiger partial charge in [-0.25, -0.2) is 0 Å². The van der Waals surface area contributed by atoms with Gasteiger partial charge in [-0.15, -0.1) is 11.6 Å². The molecule has 0 aliphatic heterocycles. The van der Waals surface area contributed by atoms with Crippen LogP contribution in [0, 0.1) is 5.41 Å². The van der Waals surface area contributed by atoms with Crippen molar-refractivity contribution in [2.45, 2.75) is 26.7 Å². The van der Waals surface area contributed by atoms with E-state index in [2.05, 4.69) is 24.1 Å². The minimum absolute atomic E-state index is 0.00794. The van der Waals surface area contributed by atoms with E-state index in [4.69, 9.17) is 11.6 Å². The zero-order valence-corrected chi connectivity index (χ0v) is 11.1. The van der Waals surface area contributed by atoms with E-state index in [9.17, 15) is 4.79 Å². The molecular weight excluding hydrogens is 236 g/mol. The summed E-state index contributed by atoms with van der Waals surface area (Å²) < 4.78 is 0. The van der Waals surface area contributed by atoms with E-state index in [1.54, 1.807) is 24.4 Å². The van der Waals surface area contributed by atoms with Crippen molar-refractivity contribution < 1.29 is 4.79 Å². The summed E-state index contributed by atoms with van der Waals surface area (Å²) in [6.45, 7) is 4.79. The van der Waals surface area contributed by atoms with E-state index < -0.39 is 0 Å². The molecule has 94 valence electrons. The van der Waals surface area contributed by atoms with Gasteiger partial charge in [0, 0.05) is 24.0 Å². The zero-order chi connectivity index (χ0) is 12.7. The van der Waals surface area contributed by atoms with Gasteiger partial charge in [-0.1, -0.05) is 19.9 Å². The van der Waals surface area contributed by atoms with Crippen LogP contribution in [0.3, 0.4) is 0 Å². The molecule has 0 radical (unpaired) electrons. The number of pyridine rings is 1. The van der Waals surface area contributed by atoms with Crippen LogP contribution in [0.4, 0.5) is 0 Å². The highest BCUT2D eigenvalue weighted by molar-refractivity contribution is 6.18. The Morgan fingerprint density at radius 1 is 1.41 bits per heavy atom. The molecule has 0 unspecified atom stereocenters. The maximum atomic E-state index is 11.8. The maximum Gasteiger partial charge on any atom is 0.269 e. The Kier molecular flexibility index (Phi) is 5.42. The van der Waals surface area contributed by atoms with Crippen molar-refractivity contribution in [3.05, 3.63) is 30.1 Å². The van der Waals surface area contributed by atoms with Crippen LogP contribution in [0.15, 0.2) is 24.4 Å². The van der Waals surface area contributed by atoms with Gasteiger partial charge in [-0.05, 0) is 25.0 Å². The van der Waals surface area contributed by atoms with Crippen molar-refractivity contribution >= 4 is 17.5 Å². The first-order valence-corrected chi connectivity index (χ1v) is 6.46. The van der Waals surface area contributed by atoms with Gasteiger partial charge >= 0.3 is 0 Å². The molecule has 4 heteroatoms. The van der Waals surface area contributed by atoms with E-state index >= 15 is 0 Å². The highest BCUT2D eigenvalue weighted by Gasteiger charge is 2.25. The fraction of sp³-hybridized carbons (Fsp3) is 0.538. The van der Waals surface area contributed by atoms with Gasteiger partial charge in [-0.2, -0.15) is 0 Å². The van der Waals surface area contributed by atoms with Gasteiger partial charge in [-0.3, -0.25) is 9.78 Å². The number of carbonyl (C=O) groups excluding carboxylic acids is 1. The first-order chi connectivity index (χ1) is 8.17. The third-order valence-electron chi connectivity index (χ3n) is 3.30. The highest BCUT2D eigenvalue weighted by Crippen LogP contribution is 2.26. The normalized spacial score (nSPS) is 11.2. The summed E-state index contributed by atoms with van der Waals surface area (Å²) in [5.41, 5.74) is 0.439. The number of carbonyl (C=O) groups is 1. The summed E-state index contributed by atoms with van der Waals surface area (Å²) in [5, 5.41) is 2.91. The zero-order valence-electron chi connectivity index (χ0n) is 10.4. The second-order valence-electron chi connectivity index (χ2n) is 4.24. The summed E-state index contributed by atoms with van der Waals surface area (Å²) in [6.07, 6.45) is 3.52. The second kappa shape index (κ2) is 6.60. The van der Waals surface area contributed by atoms with Gasteiger partial charge in [0.1, 0.15) is 5.69 Å². The molecule has 0 atom stereocenters. The van der Waals surface area contributed by atoms with Gasteiger partial charge in [0.15, 0.2) is 0 Å². The maximum absolute atomic E-state index is 11.8. The predicted molar refractivity (Wildman–Crippen MR) is 70.3 cm³/mol. The van der Waals surface area contributed by atoms with Gasteiger partial charge in [0.2, 0.25) is 0 Å². The number of halogens is 1. The highest BCUT2D eigenvalue weighted by atomic mass is 35.5. The van der Waals surface area contributed by atoms with E-state index in [-0.39, 0.29) is 11.3 Å². The van der Waals surface area contributed by atoms with Gasteiger partial charge in [0.25, 0.3) is 5.91 Å². The Morgan fingerprint density at radius 3 is 2.59 bits per heavy atom. The number of nitrogens with one attached hydrogen (secondary N) is 1. The van der Waals surface area contributed by atoms with Crippen LogP contribution in [-0.4, -0.2) is 23.3 Å². The van der Waals surface area contributed by atoms with Crippen LogP contribution in [0.25, 0.3) is 0 Å². The smallest absolute Gasteiger partial charge is 0.269 e. The number of hydrogen-bond donors (Lipinski definition) is 1. The van der Waals surface area contributed by atoms with Gasteiger partial charge < -0.3 is 5.32 Å². The van der Waals surface area contributed by atoms with Crippen LogP contribution in [0.2, 0.25) is 0 Å². The minimum atomic E-state index is -0.137. The lowest BCUT2D eigenvalue weighted by Crippen LogP contribution is -2.38. The third-order valence-corrected chi connectivity index (χ3v) is 3.87. The molecule has 1 N–H and O–H groups in total. The van der Waals surface area contributed by atoms with Crippen LogP contribution in [0.1, 0.15) is 37.2 Å². The van der Waals surface area contributed by atoms with Crippen molar-refractivity contribution in [3.63, 3.8) is 0 Å². The van der Waals surface area contributed by atoms with E-state index in [0.717, 1.165) is 12.8 Å². The molecule has 0 saturated heterocycles. The predicted octanol–water partition coefficient (Wildman–Crippen LogP) is 2.86. The Balaban J connectivity index is 2.59. The molecule has 1 amide bonds. The summed E-state index contributed by atoms with van der Waals surface area (Å²) in [7, 11) is 0. The average molecular weight is 255 g/mol. The number of alkyl halides is 1. The molecule has 1 aromatic heterocycles. The summed E-state index contributed by atoms with van der Waals surface area (Å²) in [4.78, 5) is 15.8. The van der Waals surface area contributed by atoms with Crippen LogP contribution in [-0.2, 0) is 0 Å². The Bertz CT molecular complexity index is 341. The van der Waals surface area contributed by atoms with Crippen molar-refractivity contribution in [3.8, 4) is 0 Å². The lowest BCUT2D eigenvalue weighted by atomic mass is 9.84. The monoisotopic (exact) mass is 254 g/mol. The van der Waals surface area contributed by atoms with E-state index in [0.29, 0.717) is 18.1 Å². The number of nitrogens with zero attached hydrogens (tertiary/aromatic N) is 1. The van der Waals surface area contributed by atoms with Crippen molar-refractivity contribution in [2.75, 3.05) is 12.4 Å². The molecule has 3 nitrogen and oxygen atoms in total. The molecule has 0 saturated carbocycles. The van der Waals surface area contributed by atoms with Crippen molar-refractivity contribution in [2.24, 2.45) is 5.41 Å². The number of rotatable bonds is 6. The fourth-order valence-electron chi connectivity index (χ4n) is 1.59. The number of hydrogen-bond acceptors (Lipinski definition) is 2. The first kappa shape index (κ1) is 14.0. The number of amides is 1. The minimum Gasteiger partial charge on any atom is -0.350 e. The molecule has 17 heavy (non-hydrogen) atoms. The van der Waals surface area contributed by atoms with Crippen molar-refractivity contribution in [1.82, 2.24) is 10.3 Å². The quantitative estimate of drug-likeness (QED) is 0.794. The lowest BCUT2D eigenvalue weighted by molar-refractivity contribution is 0.0927. The lowest BCUT2D eigenvalue weighted by Gasteiger charge is -2.29. The molecule has 0 fully saturated rings. The molecular formula is C13H19ClN2O. The van der Waals surface area contributed by atoms with Crippen LogP contribution >= 0.6 is 11.6 Å². The Morgan fingerprint density at radius 2 is 2.12 bits per heavy atom. The molecule has 1 rings (SSSR count). The number of aromatic nitrogens is 1. The molecule has 1 aromatic rings. The summed E-state index contributed by atoms with van der Waals surface area (Å²) in [6, 6.07) is 5.30. The second-order valence-corrected chi connectivity index (χ2v) is 4.51. The molecule has 0 aromatic carbocycles. The van der Waals surface area contributed by atoms with Gasteiger partial charge in [0.05, 0.1) is 0 Å². The molecule has 1 heterocycles.